The first-order valence-electron chi connectivity index (χ1n) is 5.94. The molecule has 0 amide bonds. The van der Waals surface area contributed by atoms with Crippen LogP contribution in [0.25, 0.3) is 0 Å². The highest BCUT2D eigenvalue weighted by Crippen LogP contribution is 2.37. The lowest BCUT2D eigenvalue weighted by Crippen LogP contribution is -2.14. The first-order valence-corrected chi connectivity index (χ1v) is 6.32. The topological polar surface area (TPSA) is 27.0 Å². The van der Waals surface area contributed by atoms with Gasteiger partial charge < -0.3 is 4.90 Å². The summed E-state index contributed by atoms with van der Waals surface area (Å²) in [5, 5.41) is 9.72. The number of halogens is 2. The van der Waals surface area contributed by atoms with Gasteiger partial charge in [-0.15, -0.1) is 0 Å². The highest BCUT2D eigenvalue weighted by molar-refractivity contribution is 6.30. The monoisotopic (exact) mass is 272 g/mol. The third-order valence-electron chi connectivity index (χ3n) is 3.31. The summed E-state index contributed by atoms with van der Waals surface area (Å²) >= 11 is 5.90. The van der Waals surface area contributed by atoms with Crippen molar-refractivity contribution in [3.05, 3.63) is 58.4 Å². The Morgan fingerprint density at radius 1 is 1.16 bits per heavy atom. The molecule has 3 rings (SSSR count). The van der Waals surface area contributed by atoms with E-state index in [1.165, 1.54) is 12.1 Å². The van der Waals surface area contributed by atoms with Gasteiger partial charge in [0.05, 0.1) is 11.3 Å². The predicted molar refractivity (Wildman–Crippen MR) is 73.3 cm³/mol. The molecule has 4 heteroatoms. The molecule has 0 aliphatic carbocycles. The van der Waals surface area contributed by atoms with Crippen molar-refractivity contribution in [2.24, 2.45) is 0 Å². The Hall–Kier alpha value is -2.05. The highest BCUT2D eigenvalue weighted by atomic mass is 35.5. The molecule has 0 radical (unpaired) electrons. The summed E-state index contributed by atoms with van der Waals surface area (Å²) in [5.41, 5.74) is 3.21. The Labute approximate surface area is 115 Å². The smallest absolute Gasteiger partial charge is 0.125 e. The third-order valence-corrected chi connectivity index (χ3v) is 3.55. The van der Waals surface area contributed by atoms with Crippen molar-refractivity contribution in [2.75, 3.05) is 11.4 Å². The molecule has 0 saturated heterocycles. The second-order valence-electron chi connectivity index (χ2n) is 4.45. The molecule has 0 saturated carbocycles. The predicted octanol–water partition coefficient (Wildman–Crippen LogP) is 4.04. The second-order valence-corrected chi connectivity index (χ2v) is 4.88. The lowest BCUT2D eigenvalue weighted by molar-refractivity contribution is 0.628. The molecule has 0 aromatic heterocycles. The summed E-state index contributed by atoms with van der Waals surface area (Å²) in [6.45, 7) is 0.745. The maximum atomic E-state index is 13.4. The van der Waals surface area contributed by atoms with Crippen molar-refractivity contribution in [3.8, 4) is 6.07 Å². The second kappa shape index (κ2) is 4.56. The Morgan fingerprint density at radius 3 is 2.79 bits per heavy atom. The van der Waals surface area contributed by atoms with Crippen LogP contribution in [-0.2, 0) is 6.42 Å². The summed E-state index contributed by atoms with van der Waals surface area (Å²) in [5.74, 6) is -0.266. The number of fused-ring (bicyclic) bond motifs is 1. The van der Waals surface area contributed by atoms with Gasteiger partial charge in [-0.2, -0.15) is 5.26 Å². The Bertz CT molecular complexity index is 691. The van der Waals surface area contributed by atoms with Crippen molar-refractivity contribution in [2.45, 2.75) is 6.42 Å². The lowest BCUT2D eigenvalue weighted by Gasteiger charge is -2.21. The van der Waals surface area contributed by atoms with Crippen molar-refractivity contribution in [1.82, 2.24) is 0 Å². The molecule has 2 aromatic carbocycles. The van der Waals surface area contributed by atoms with E-state index in [0.29, 0.717) is 10.6 Å². The fraction of sp³-hybridized carbons (Fsp3) is 0.133. The number of benzene rings is 2. The Kier molecular flexibility index (Phi) is 2.88. The number of anilines is 2. The van der Waals surface area contributed by atoms with Crippen LogP contribution in [0.15, 0.2) is 36.4 Å². The fourth-order valence-electron chi connectivity index (χ4n) is 2.44. The van der Waals surface area contributed by atoms with Crippen molar-refractivity contribution in [3.63, 3.8) is 0 Å². The first kappa shape index (κ1) is 12.0. The van der Waals surface area contributed by atoms with E-state index in [1.807, 2.05) is 4.90 Å². The number of hydrogen-bond donors (Lipinski definition) is 0. The van der Waals surface area contributed by atoms with Gasteiger partial charge in [0.1, 0.15) is 11.9 Å². The number of nitriles is 1. The van der Waals surface area contributed by atoms with Crippen LogP contribution < -0.4 is 4.90 Å². The number of rotatable bonds is 1. The minimum absolute atomic E-state index is 0.266. The molecule has 1 heterocycles. The summed E-state index contributed by atoms with van der Waals surface area (Å²) in [6.07, 6.45) is 0.850. The van der Waals surface area contributed by atoms with E-state index >= 15 is 0 Å². The Balaban J connectivity index is 2.12. The molecule has 19 heavy (non-hydrogen) atoms. The van der Waals surface area contributed by atoms with Crippen LogP contribution in [0.3, 0.4) is 0 Å². The van der Waals surface area contributed by atoms with Crippen molar-refractivity contribution in [1.29, 1.82) is 5.26 Å². The van der Waals surface area contributed by atoms with Gasteiger partial charge in [-0.1, -0.05) is 17.7 Å². The van der Waals surface area contributed by atoms with Gasteiger partial charge in [0.15, 0.2) is 0 Å². The van der Waals surface area contributed by atoms with Crippen LogP contribution in [0, 0.1) is 17.1 Å². The molecule has 2 nitrogen and oxygen atoms in total. The van der Waals surface area contributed by atoms with Gasteiger partial charge in [0.2, 0.25) is 0 Å². The molecule has 0 bridgehead atoms. The summed E-state index contributed by atoms with van der Waals surface area (Å²) < 4.78 is 13.4. The maximum Gasteiger partial charge on any atom is 0.125 e. The Morgan fingerprint density at radius 2 is 2.00 bits per heavy atom. The molecule has 0 spiro atoms. The molecule has 0 fully saturated rings. The van der Waals surface area contributed by atoms with Crippen LogP contribution >= 0.6 is 11.6 Å². The molecule has 0 unspecified atom stereocenters. The fourth-order valence-corrected chi connectivity index (χ4v) is 2.61. The summed E-state index contributed by atoms with van der Waals surface area (Å²) in [7, 11) is 0. The third kappa shape index (κ3) is 2.05. The van der Waals surface area contributed by atoms with E-state index in [1.54, 1.807) is 24.3 Å². The zero-order chi connectivity index (χ0) is 13.4. The lowest BCUT2D eigenvalue weighted by atomic mass is 10.1. The standard InChI is InChI=1S/C15H10ClFN2/c16-12-2-4-14(11(7-12)9-18)19-6-5-10-1-3-13(17)8-15(10)19/h1-4,7-8H,5-6H2. The van der Waals surface area contributed by atoms with Crippen LogP contribution in [0.1, 0.15) is 11.1 Å². The van der Waals surface area contributed by atoms with E-state index in [9.17, 15) is 9.65 Å². The molecule has 0 N–H and O–H groups in total. The summed E-state index contributed by atoms with van der Waals surface area (Å²) in [6, 6.07) is 12.1. The van der Waals surface area contributed by atoms with Gasteiger partial charge in [-0.25, -0.2) is 4.39 Å². The van der Waals surface area contributed by atoms with Gasteiger partial charge >= 0.3 is 0 Å². The zero-order valence-corrected chi connectivity index (χ0v) is 10.8. The average molecular weight is 273 g/mol. The van der Waals surface area contributed by atoms with E-state index in [2.05, 4.69) is 6.07 Å². The van der Waals surface area contributed by atoms with Gasteiger partial charge in [0.25, 0.3) is 0 Å². The van der Waals surface area contributed by atoms with E-state index < -0.39 is 0 Å². The minimum atomic E-state index is -0.266. The average Bonchev–Trinajstić information content (AvgIpc) is 2.81. The maximum absolute atomic E-state index is 13.4. The van der Waals surface area contributed by atoms with Crippen LogP contribution in [0.4, 0.5) is 15.8 Å². The quantitative estimate of drug-likeness (QED) is 0.783. The minimum Gasteiger partial charge on any atom is -0.340 e. The molecule has 1 aliphatic heterocycles. The van der Waals surface area contributed by atoms with Crippen molar-refractivity contribution < 1.29 is 4.39 Å². The molecule has 1 aliphatic rings. The SMILES string of the molecule is N#Cc1cc(Cl)ccc1N1CCc2ccc(F)cc21. The van der Waals surface area contributed by atoms with Crippen LogP contribution in [0.2, 0.25) is 5.02 Å². The van der Waals surface area contributed by atoms with Crippen LogP contribution in [0.5, 0.6) is 0 Å². The van der Waals surface area contributed by atoms with Gasteiger partial charge in [0, 0.05) is 17.3 Å². The molecular formula is C15H10ClFN2. The summed E-state index contributed by atoms with van der Waals surface area (Å²) in [4.78, 5) is 1.97. The van der Waals surface area contributed by atoms with E-state index in [4.69, 9.17) is 11.6 Å². The molecule has 94 valence electrons. The number of nitrogens with zero attached hydrogens (tertiary/aromatic N) is 2. The normalized spacial score (nSPS) is 13.2. The largest absolute Gasteiger partial charge is 0.340 e. The van der Waals surface area contributed by atoms with Crippen LogP contribution in [-0.4, -0.2) is 6.54 Å². The number of hydrogen-bond acceptors (Lipinski definition) is 2. The van der Waals surface area contributed by atoms with Gasteiger partial charge in [-0.3, -0.25) is 0 Å². The van der Waals surface area contributed by atoms with Gasteiger partial charge in [-0.05, 0) is 42.3 Å². The first-order chi connectivity index (χ1) is 9.19. The van der Waals surface area contributed by atoms with E-state index in [0.717, 1.165) is 29.9 Å². The molecule has 0 atom stereocenters. The molecular weight excluding hydrogens is 263 g/mol. The highest BCUT2D eigenvalue weighted by Gasteiger charge is 2.23. The van der Waals surface area contributed by atoms with E-state index in [-0.39, 0.29) is 5.82 Å². The zero-order valence-electron chi connectivity index (χ0n) is 10.0. The molecule has 2 aromatic rings. The van der Waals surface area contributed by atoms with Crippen molar-refractivity contribution >= 4 is 23.0 Å².